The Balaban J connectivity index is 1.64. The van der Waals surface area contributed by atoms with E-state index < -0.39 is 0 Å². The third kappa shape index (κ3) is 4.28. The van der Waals surface area contributed by atoms with Gasteiger partial charge in [0.25, 0.3) is 0 Å². The lowest BCUT2D eigenvalue weighted by atomic mass is 10.1. The summed E-state index contributed by atoms with van der Waals surface area (Å²) in [5.41, 5.74) is 3.31. The number of ether oxygens (including phenoxy) is 2. The maximum absolute atomic E-state index is 12.7. The van der Waals surface area contributed by atoms with Crippen molar-refractivity contribution in [2.24, 2.45) is 0 Å². The molecule has 5 heteroatoms. The Labute approximate surface area is 155 Å². The zero-order chi connectivity index (χ0) is 18.5. The smallest absolute Gasteiger partial charge is 0.223 e. The SMILES string of the molecule is COc1ccc(CCC(=O)N2CCOc3ccc(N(C)C)cc3C2)cc1. The number of hydrogen-bond donors (Lipinski definition) is 0. The summed E-state index contributed by atoms with van der Waals surface area (Å²) in [6.07, 6.45) is 1.22. The molecule has 1 heterocycles. The number of methoxy groups -OCH3 is 1. The average molecular weight is 354 g/mol. The molecule has 0 aliphatic carbocycles. The van der Waals surface area contributed by atoms with E-state index in [2.05, 4.69) is 11.0 Å². The summed E-state index contributed by atoms with van der Waals surface area (Å²) in [5, 5.41) is 0. The van der Waals surface area contributed by atoms with Gasteiger partial charge in [0.05, 0.1) is 13.7 Å². The summed E-state index contributed by atoms with van der Waals surface area (Å²) in [4.78, 5) is 16.7. The highest BCUT2D eigenvalue weighted by Crippen LogP contribution is 2.27. The number of carbonyl (C=O) groups is 1. The lowest BCUT2D eigenvalue weighted by molar-refractivity contribution is -0.131. The van der Waals surface area contributed by atoms with Crippen molar-refractivity contribution in [1.82, 2.24) is 4.90 Å². The van der Waals surface area contributed by atoms with Crippen LogP contribution >= 0.6 is 0 Å². The van der Waals surface area contributed by atoms with Gasteiger partial charge in [0, 0.05) is 38.3 Å². The fourth-order valence-corrected chi connectivity index (χ4v) is 3.07. The average Bonchev–Trinajstić information content (AvgIpc) is 2.88. The highest BCUT2D eigenvalue weighted by atomic mass is 16.5. The van der Waals surface area contributed by atoms with Gasteiger partial charge in [-0.25, -0.2) is 0 Å². The zero-order valence-corrected chi connectivity index (χ0v) is 15.7. The molecule has 0 N–H and O–H groups in total. The first-order chi connectivity index (χ1) is 12.6. The van der Waals surface area contributed by atoms with Crippen molar-refractivity contribution in [3.05, 3.63) is 53.6 Å². The van der Waals surface area contributed by atoms with Crippen LogP contribution in [0.1, 0.15) is 17.5 Å². The lowest BCUT2D eigenvalue weighted by Gasteiger charge is -2.21. The van der Waals surface area contributed by atoms with Crippen LogP contribution < -0.4 is 14.4 Å². The highest BCUT2D eigenvalue weighted by molar-refractivity contribution is 5.76. The Bertz CT molecular complexity index is 756. The standard InChI is InChI=1S/C21H26N2O3/c1-22(2)18-7-10-20-17(14-18)15-23(12-13-26-20)21(24)11-6-16-4-8-19(25-3)9-5-16/h4-5,7-10,14H,6,11-13,15H2,1-3H3. The fourth-order valence-electron chi connectivity index (χ4n) is 3.07. The number of fused-ring (bicyclic) bond motifs is 1. The third-order valence-electron chi connectivity index (χ3n) is 4.68. The van der Waals surface area contributed by atoms with Crippen LogP contribution in [0.3, 0.4) is 0 Å². The molecule has 26 heavy (non-hydrogen) atoms. The second-order valence-corrected chi connectivity index (χ2v) is 6.70. The van der Waals surface area contributed by atoms with E-state index in [1.807, 2.05) is 55.4 Å². The minimum absolute atomic E-state index is 0.160. The van der Waals surface area contributed by atoms with Gasteiger partial charge >= 0.3 is 0 Å². The Morgan fingerprint density at radius 2 is 1.96 bits per heavy atom. The summed E-state index contributed by atoms with van der Waals surface area (Å²) in [6.45, 7) is 1.74. The molecule has 0 spiro atoms. The van der Waals surface area contributed by atoms with Crippen LogP contribution in [-0.4, -0.2) is 45.2 Å². The Morgan fingerprint density at radius 3 is 2.65 bits per heavy atom. The second-order valence-electron chi connectivity index (χ2n) is 6.70. The van der Waals surface area contributed by atoms with E-state index in [0.29, 0.717) is 26.1 Å². The molecule has 0 unspecified atom stereocenters. The minimum Gasteiger partial charge on any atom is -0.497 e. The summed E-state index contributed by atoms with van der Waals surface area (Å²) in [5.74, 6) is 1.87. The van der Waals surface area contributed by atoms with Crippen LogP contribution in [0.4, 0.5) is 5.69 Å². The topological polar surface area (TPSA) is 42.0 Å². The van der Waals surface area contributed by atoms with E-state index in [1.54, 1.807) is 7.11 Å². The predicted octanol–water partition coefficient (Wildman–Crippen LogP) is 3.12. The number of benzene rings is 2. The molecule has 2 aromatic carbocycles. The van der Waals surface area contributed by atoms with Crippen molar-refractivity contribution in [3.63, 3.8) is 0 Å². The molecule has 138 valence electrons. The van der Waals surface area contributed by atoms with Gasteiger partial charge in [-0.05, 0) is 42.3 Å². The monoisotopic (exact) mass is 354 g/mol. The van der Waals surface area contributed by atoms with Crippen LogP contribution in [0.2, 0.25) is 0 Å². The molecule has 0 aromatic heterocycles. The summed E-state index contributed by atoms with van der Waals surface area (Å²) >= 11 is 0. The molecule has 0 bridgehead atoms. The highest BCUT2D eigenvalue weighted by Gasteiger charge is 2.20. The van der Waals surface area contributed by atoms with Gasteiger partial charge in [-0.1, -0.05) is 12.1 Å². The maximum atomic E-state index is 12.7. The Hall–Kier alpha value is -2.69. The van der Waals surface area contributed by atoms with Gasteiger partial charge in [0.2, 0.25) is 5.91 Å². The van der Waals surface area contributed by atoms with Crippen LogP contribution in [-0.2, 0) is 17.8 Å². The molecule has 3 rings (SSSR count). The van der Waals surface area contributed by atoms with E-state index in [4.69, 9.17) is 9.47 Å². The van der Waals surface area contributed by atoms with Crippen molar-refractivity contribution in [2.75, 3.05) is 39.3 Å². The molecule has 0 radical (unpaired) electrons. The molecule has 0 atom stereocenters. The third-order valence-corrected chi connectivity index (χ3v) is 4.68. The van der Waals surface area contributed by atoms with Crippen LogP contribution in [0, 0.1) is 0 Å². The van der Waals surface area contributed by atoms with Crippen molar-refractivity contribution in [3.8, 4) is 11.5 Å². The van der Waals surface area contributed by atoms with Crippen molar-refractivity contribution in [2.45, 2.75) is 19.4 Å². The number of anilines is 1. The first-order valence-corrected chi connectivity index (χ1v) is 8.90. The van der Waals surface area contributed by atoms with E-state index in [-0.39, 0.29) is 5.91 Å². The molecule has 0 saturated carbocycles. The van der Waals surface area contributed by atoms with Crippen molar-refractivity contribution < 1.29 is 14.3 Å². The number of rotatable bonds is 5. The predicted molar refractivity (Wildman–Crippen MR) is 103 cm³/mol. The Kier molecular flexibility index (Phi) is 5.66. The number of amides is 1. The van der Waals surface area contributed by atoms with Crippen molar-refractivity contribution in [1.29, 1.82) is 0 Å². The maximum Gasteiger partial charge on any atom is 0.223 e. The first-order valence-electron chi connectivity index (χ1n) is 8.90. The first kappa shape index (κ1) is 18.1. The van der Waals surface area contributed by atoms with Crippen molar-refractivity contribution >= 4 is 11.6 Å². The number of aryl methyl sites for hydroxylation is 1. The number of nitrogens with zero attached hydrogens (tertiary/aromatic N) is 2. The second kappa shape index (κ2) is 8.13. The quantitative estimate of drug-likeness (QED) is 0.827. The normalized spacial score (nSPS) is 13.4. The molecule has 1 amide bonds. The van der Waals surface area contributed by atoms with E-state index in [9.17, 15) is 4.79 Å². The molecule has 2 aromatic rings. The van der Waals surface area contributed by atoms with Gasteiger partial charge in [-0.15, -0.1) is 0 Å². The summed E-state index contributed by atoms with van der Waals surface area (Å²) in [7, 11) is 5.67. The largest absolute Gasteiger partial charge is 0.497 e. The van der Waals surface area contributed by atoms with Gasteiger partial charge in [-0.3, -0.25) is 4.79 Å². The van der Waals surface area contributed by atoms with Crippen LogP contribution in [0.5, 0.6) is 11.5 Å². The molecular formula is C21H26N2O3. The number of carbonyl (C=O) groups excluding carboxylic acids is 1. The van der Waals surface area contributed by atoms with Gasteiger partial charge in [-0.2, -0.15) is 0 Å². The molecule has 0 saturated heterocycles. The summed E-state index contributed by atoms with van der Waals surface area (Å²) < 4.78 is 11.0. The van der Waals surface area contributed by atoms with Gasteiger partial charge < -0.3 is 19.3 Å². The number of hydrogen-bond acceptors (Lipinski definition) is 4. The zero-order valence-electron chi connectivity index (χ0n) is 15.7. The summed E-state index contributed by atoms with van der Waals surface area (Å²) in [6, 6.07) is 14.0. The lowest BCUT2D eigenvalue weighted by Crippen LogP contribution is -2.32. The van der Waals surface area contributed by atoms with E-state index >= 15 is 0 Å². The van der Waals surface area contributed by atoms with E-state index in [0.717, 1.165) is 34.7 Å². The fraction of sp³-hybridized carbons (Fsp3) is 0.381. The molecule has 1 aliphatic heterocycles. The van der Waals surface area contributed by atoms with Gasteiger partial charge in [0.15, 0.2) is 0 Å². The molecular weight excluding hydrogens is 328 g/mol. The van der Waals surface area contributed by atoms with Crippen LogP contribution in [0.25, 0.3) is 0 Å². The molecule has 5 nitrogen and oxygen atoms in total. The van der Waals surface area contributed by atoms with E-state index in [1.165, 1.54) is 0 Å². The van der Waals surface area contributed by atoms with Gasteiger partial charge in [0.1, 0.15) is 18.1 Å². The Morgan fingerprint density at radius 1 is 1.19 bits per heavy atom. The minimum atomic E-state index is 0.160. The molecule has 1 aliphatic rings. The molecule has 0 fully saturated rings. The van der Waals surface area contributed by atoms with Crippen LogP contribution in [0.15, 0.2) is 42.5 Å².